The first kappa shape index (κ1) is 22.0. The number of ketones is 1. The van der Waals surface area contributed by atoms with Gasteiger partial charge in [-0.05, 0) is 48.2 Å². The number of dihydropyridines is 1. The SMILES string of the molecule is CC1=C(C(=O)OCCOc2ccccc2)[C@@H](c2cccc3ccccc23)C2=C(CCCC2=O)N1. The number of carbonyl (C=O) groups is 2. The molecule has 0 bridgehead atoms. The predicted molar refractivity (Wildman–Crippen MR) is 131 cm³/mol. The number of fused-ring (bicyclic) bond motifs is 1. The number of ether oxygens (including phenoxy) is 2. The van der Waals surface area contributed by atoms with Crippen LogP contribution in [0.2, 0.25) is 0 Å². The van der Waals surface area contributed by atoms with Crippen LogP contribution in [0, 0.1) is 0 Å². The lowest BCUT2D eigenvalue weighted by Crippen LogP contribution is -2.34. The molecule has 0 radical (unpaired) electrons. The average Bonchev–Trinajstić information content (AvgIpc) is 2.86. The number of rotatable bonds is 6. The van der Waals surface area contributed by atoms with Crippen molar-refractivity contribution in [3.05, 3.63) is 101 Å². The van der Waals surface area contributed by atoms with Crippen LogP contribution in [-0.2, 0) is 14.3 Å². The zero-order valence-electron chi connectivity index (χ0n) is 19.2. The maximum atomic E-state index is 13.4. The number of carbonyl (C=O) groups excluding carboxylic acids is 2. The van der Waals surface area contributed by atoms with Crippen molar-refractivity contribution in [3.8, 4) is 5.75 Å². The van der Waals surface area contributed by atoms with Gasteiger partial charge in [-0.1, -0.05) is 60.7 Å². The minimum absolute atomic E-state index is 0.0943. The van der Waals surface area contributed by atoms with Crippen molar-refractivity contribution < 1.29 is 19.1 Å². The lowest BCUT2D eigenvalue weighted by molar-refractivity contribution is -0.140. The Morgan fingerprint density at radius 1 is 0.941 bits per heavy atom. The second-order valence-corrected chi connectivity index (χ2v) is 8.63. The van der Waals surface area contributed by atoms with Gasteiger partial charge in [0.25, 0.3) is 0 Å². The molecule has 0 saturated heterocycles. The fourth-order valence-corrected chi connectivity index (χ4v) is 4.96. The Bertz CT molecular complexity index is 1300. The molecular formula is C29H27NO4. The first-order valence-corrected chi connectivity index (χ1v) is 11.7. The summed E-state index contributed by atoms with van der Waals surface area (Å²) in [6.07, 6.45) is 2.11. The first-order chi connectivity index (χ1) is 16.6. The van der Waals surface area contributed by atoms with Gasteiger partial charge in [0.05, 0.1) is 5.57 Å². The van der Waals surface area contributed by atoms with Crippen molar-refractivity contribution in [2.24, 2.45) is 0 Å². The Morgan fingerprint density at radius 2 is 1.71 bits per heavy atom. The molecule has 3 aromatic rings. The van der Waals surface area contributed by atoms with E-state index in [-0.39, 0.29) is 19.0 Å². The van der Waals surface area contributed by atoms with Gasteiger partial charge in [-0.3, -0.25) is 4.79 Å². The Morgan fingerprint density at radius 3 is 2.56 bits per heavy atom. The molecule has 1 heterocycles. The molecule has 34 heavy (non-hydrogen) atoms. The van der Waals surface area contributed by atoms with Crippen molar-refractivity contribution in [1.29, 1.82) is 0 Å². The number of Topliss-reactive ketones (excluding diaryl/α,β-unsaturated/α-hetero) is 1. The van der Waals surface area contributed by atoms with Gasteiger partial charge in [0.15, 0.2) is 5.78 Å². The Kier molecular flexibility index (Phi) is 6.17. The van der Waals surface area contributed by atoms with Gasteiger partial charge in [0, 0.05) is 29.3 Å². The van der Waals surface area contributed by atoms with E-state index in [1.807, 2.05) is 79.7 Å². The standard InChI is InChI=1S/C29H27NO4/c1-19-26(29(32)34-18-17-33-21-11-3-2-4-12-21)27(28-24(30-19)15-8-16-25(28)31)23-14-7-10-20-9-5-6-13-22(20)23/h2-7,9-14,27,30H,8,15-18H2,1H3/t27-/m1/s1. The molecular weight excluding hydrogens is 426 g/mol. The van der Waals surface area contributed by atoms with E-state index in [1.165, 1.54) is 0 Å². The molecule has 0 saturated carbocycles. The molecule has 1 aliphatic carbocycles. The summed E-state index contributed by atoms with van der Waals surface area (Å²) in [6, 6.07) is 23.6. The zero-order valence-corrected chi connectivity index (χ0v) is 19.2. The Hall–Kier alpha value is -3.86. The highest BCUT2D eigenvalue weighted by Gasteiger charge is 2.39. The Balaban J connectivity index is 1.47. The molecule has 1 atom stereocenters. The second-order valence-electron chi connectivity index (χ2n) is 8.63. The van der Waals surface area contributed by atoms with Crippen LogP contribution in [-0.4, -0.2) is 25.0 Å². The minimum Gasteiger partial charge on any atom is -0.490 e. The molecule has 0 fully saturated rings. The van der Waals surface area contributed by atoms with Gasteiger partial charge in [-0.25, -0.2) is 4.79 Å². The van der Waals surface area contributed by atoms with Gasteiger partial charge in [0.1, 0.15) is 19.0 Å². The van der Waals surface area contributed by atoms with Crippen LogP contribution < -0.4 is 10.1 Å². The molecule has 5 rings (SSSR count). The minimum atomic E-state index is -0.460. The van der Waals surface area contributed by atoms with E-state index in [0.29, 0.717) is 17.6 Å². The van der Waals surface area contributed by atoms with E-state index in [4.69, 9.17) is 9.47 Å². The topological polar surface area (TPSA) is 64.6 Å². The van der Waals surface area contributed by atoms with Crippen molar-refractivity contribution >= 4 is 22.5 Å². The van der Waals surface area contributed by atoms with Gasteiger partial charge in [-0.2, -0.15) is 0 Å². The van der Waals surface area contributed by atoms with Crippen LogP contribution >= 0.6 is 0 Å². The molecule has 0 spiro atoms. The molecule has 172 valence electrons. The summed E-state index contributed by atoms with van der Waals surface area (Å²) in [4.78, 5) is 26.6. The summed E-state index contributed by atoms with van der Waals surface area (Å²) in [5.41, 5.74) is 3.80. The lowest BCUT2D eigenvalue weighted by Gasteiger charge is -2.34. The highest BCUT2D eigenvalue weighted by atomic mass is 16.6. The maximum Gasteiger partial charge on any atom is 0.336 e. The van der Waals surface area contributed by atoms with Crippen molar-refractivity contribution in [2.45, 2.75) is 32.1 Å². The summed E-state index contributed by atoms with van der Waals surface area (Å²) in [6.45, 7) is 2.26. The number of hydrogen-bond donors (Lipinski definition) is 1. The summed E-state index contributed by atoms with van der Waals surface area (Å²) >= 11 is 0. The van der Waals surface area contributed by atoms with E-state index in [9.17, 15) is 9.59 Å². The quantitative estimate of drug-likeness (QED) is 0.398. The monoisotopic (exact) mass is 453 g/mol. The van der Waals surface area contributed by atoms with Crippen LogP contribution in [0.25, 0.3) is 10.8 Å². The fourth-order valence-electron chi connectivity index (χ4n) is 4.96. The fraction of sp³-hybridized carbons (Fsp3) is 0.241. The zero-order chi connectivity index (χ0) is 23.5. The molecule has 0 amide bonds. The third kappa shape index (κ3) is 4.21. The highest BCUT2D eigenvalue weighted by molar-refractivity contribution is 6.05. The number of benzene rings is 3. The lowest BCUT2D eigenvalue weighted by atomic mass is 9.74. The number of para-hydroxylation sites is 1. The summed E-state index contributed by atoms with van der Waals surface area (Å²) in [5, 5.41) is 5.46. The maximum absolute atomic E-state index is 13.4. The van der Waals surface area contributed by atoms with Gasteiger partial charge in [-0.15, -0.1) is 0 Å². The van der Waals surface area contributed by atoms with Crippen LogP contribution in [0.15, 0.2) is 95.3 Å². The number of nitrogens with one attached hydrogen (secondary N) is 1. The van der Waals surface area contributed by atoms with E-state index in [2.05, 4.69) is 5.32 Å². The van der Waals surface area contributed by atoms with Crippen LogP contribution in [0.1, 0.15) is 37.7 Å². The molecule has 1 N–H and O–H groups in total. The van der Waals surface area contributed by atoms with Crippen molar-refractivity contribution in [3.63, 3.8) is 0 Å². The summed E-state index contributed by atoms with van der Waals surface area (Å²) in [5.74, 6) is -0.0661. The molecule has 3 aromatic carbocycles. The van der Waals surface area contributed by atoms with Gasteiger partial charge >= 0.3 is 5.97 Å². The molecule has 5 nitrogen and oxygen atoms in total. The Labute approximate surface area is 199 Å². The smallest absolute Gasteiger partial charge is 0.336 e. The number of allylic oxidation sites excluding steroid dienone is 3. The van der Waals surface area contributed by atoms with Crippen LogP contribution in [0.3, 0.4) is 0 Å². The number of esters is 1. The van der Waals surface area contributed by atoms with Crippen molar-refractivity contribution in [2.75, 3.05) is 13.2 Å². The van der Waals surface area contributed by atoms with E-state index >= 15 is 0 Å². The molecule has 5 heteroatoms. The predicted octanol–water partition coefficient (Wildman–Crippen LogP) is 5.43. The van der Waals surface area contributed by atoms with Gasteiger partial charge in [0.2, 0.25) is 0 Å². The van der Waals surface area contributed by atoms with Gasteiger partial charge < -0.3 is 14.8 Å². The van der Waals surface area contributed by atoms with Crippen LogP contribution in [0.5, 0.6) is 5.75 Å². The molecule has 1 aliphatic heterocycles. The number of hydrogen-bond acceptors (Lipinski definition) is 5. The summed E-state index contributed by atoms with van der Waals surface area (Å²) < 4.78 is 11.3. The second kappa shape index (κ2) is 9.56. The summed E-state index contributed by atoms with van der Waals surface area (Å²) in [7, 11) is 0. The third-order valence-corrected chi connectivity index (χ3v) is 6.46. The van der Waals surface area contributed by atoms with Crippen LogP contribution in [0.4, 0.5) is 0 Å². The van der Waals surface area contributed by atoms with E-state index in [1.54, 1.807) is 0 Å². The average molecular weight is 454 g/mol. The molecule has 2 aliphatic rings. The van der Waals surface area contributed by atoms with E-state index in [0.717, 1.165) is 46.3 Å². The van der Waals surface area contributed by atoms with Crippen molar-refractivity contribution in [1.82, 2.24) is 5.32 Å². The normalized spacial score (nSPS) is 17.9. The van der Waals surface area contributed by atoms with E-state index < -0.39 is 11.9 Å². The largest absolute Gasteiger partial charge is 0.490 e. The molecule has 0 aromatic heterocycles. The first-order valence-electron chi connectivity index (χ1n) is 11.7. The molecule has 0 unspecified atom stereocenters. The highest BCUT2D eigenvalue weighted by Crippen LogP contribution is 2.44. The third-order valence-electron chi connectivity index (χ3n) is 6.46.